The minimum Gasteiger partial charge on any atom is -0.379 e. The van der Waals surface area contributed by atoms with E-state index in [-0.39, 0.29) is 0 Å². The Hall–Kier alpha value is -0.240. The molecule has 0 aromatic rings. The summed E-state index contributed by atoms with van der Waals surface area (Å²) in [6.45, 7) is 10.0. The van der Waals surface area contributed by atoms with Gasteiger partial charge in [-0.3, -0.25) is 0 Å². The molecule has 0 atom stereocenters. The van der Waals surface area contributed by atoms with Crippen molar-refractivity contribution in [2.45, 2.75) is 32.3 Å². The molecule has 0 bridgehead atoms. The summed E-state index contributed by atoms with van der Waals surface area (Å²) in [6, 6.07) is 0. The Morgan fingerprint density at radius 3 is 1.64 bits per heavy atom. The fourth-order valence-corrected chi connectivity index (χ4v) is 2.14. The SMILES string of the molecule is CCCOCCOCCOCCOCCOC1CCNCC1. The lowest BCUT2D eigenvalue weighted by molar-refractivity contribution is -0.0279. The van der Waals surface area contributed by atoms with E-state index in [0.717, 1.165) is 39.0 Å². The van der Waals surface area contributed by atoms with Crippen molar-refractivity contribution in [3.63, 3.8) is 0 Å². The molecule has 0 spiro atoms. The van der Waals surface area contributed by atoms with Crippen molar-refractivity contribution in [2.75, 3.05) is 72.6 Å². The molecule has 1 N–H and O–H groups in total. The summed E-state index contributed by atoms with van der Waals surface area (Å²) in [5, 5.41) is 3.32. The molecule has 0 radical (unpaired) electrons. The summed E-state index contributed by atoms with van der Waals surface area (Å²) in [6.07, 6.45) is 3.66. The van der Waals surface area contributed by atoms with E-state index in [9.17, 15) is 0 Å². The summed E-state index contributed by atoms with van der Waals surface area (Å²) in [5.41, 5.74) is 0. The summed E-state index contributed by atoms with van der Waals surface area (Å²) in [5.74, 6) is 0. The van der Waals surface area contributed by atoms with Crippen LogP contribution in [0.1, 0.15) is 26.2 Å². The minimum absolute atomic E-state index is 0.402. The van der Waals surface area contributed by atoms with E-state index >= 15 is 0 Å². The predicted molar refractivity (Wildman–Crippen MR) is 85.4 cm³/mol. The molecule has 1 saturated heterocycles. The Balaban J connectivity index is 1.68. The fraction of sp³-hybridized carbons (Fsp3) is 1.00. The lowest BCUT2D eigenvalue weighted by Gasteiger charge is -2.22. The zero-order valence-electron chi connectivity index (χ0n) is 14.0. The van der Waals surface area contributed by atoms with Crippen LogP contribution in [-0.2, 0) is 23.7 Å². The van der Waals surface area contributed by atoms with Crippen molar-refractivity contribution in [3.05, 3.63) is 0 Å². The van der Waals surface area contributed by atoms with Crippen molar-refractivity contribution in [1.82, 2.24) is 5.32 Å². The second-order valence-electron chi connectivity index (χ2n) is 5.27. The van der Waals surface area contributed by atoms with E-state index in [1.165, 1.54) is 0 Å². The number of piperidine rings is 1. The van der Waals surface area contributed by atoms with Gasteiger partial charge in [0.25, 0.3) is 0 Å². The first-order chi connectivity index (χ1) is 10.9. The van der Waals surface area contributed by atoms with Crippen LogP contribution >= 0.6 is 0 Å². The van der Waals surface area contributed by atoms with E-state index in [2.05, 4.69) is 12.2 Å². The second-order valence-corrected chi connectivity index (χ2v) is 5.27. The highest BCUT2D eigenvalue weighted by atomic mass is 16.6. The highest BCUT2D eigenvalue weighted by Gasteiger charge is 2.12. The largest absolute Gasteiger partial charge is 0.379 e. The van der Waals surface area contributed by atoms with Gasteiger partial charge in [-0.05, 0) is 32.4 Å². The smallest absolute Gasteiger partial charge is 0.0704 e. The van der Waals surface area contributed by atoms with Crippen LogP contribution < -0.4 is 5.32 Å². The maximum Gasteiger partial charge on any atom is 0.0704 e. The van der Waals surface area contributed by atoms with Gasteiger partial charge >= 0.3 is 0 Å². The first-order valence-corrected chi connectivity index (χ1v) is 8.56. The molecular formula is C16H33NO5. The molecule has 0 saturated carbocycles. The maximum absolute atomic E-state index is 5.75. The van der Waals surface area contributed by atoms with Gasteiger partial charge in [0.1, 0.15) is 0 Å². The Labute approximate surface area is 134 Å². The van der Waals surface area contributed by atoms with Gasteiger partial charge in [-0.25, -0.2) is 0 Å². The predicted octanol–water partition coefficient (Wildman–Crippen LogP) is 1.23. The molecule has 6 heteroatoms. The van der Waals surface area contributed by atoms with Gasteiger partial charge in [0, 0.05) is 6.61 Å². The number of hydrogen-bond donors (Lipinski definition) is 1. The molecule has 0 aromatic carbocycles. The molecule has 1 aliphatic heterocycles. The minimum atomic E-state index is 0.402. The van der Waals surface area contributed by atoms with Gasteiger partial charge in [-0.15, -0.1) is 0 Å². The molecule has 22 heavy (non-hydrogen) atoms. The van der Waals surface area contributed by atoms with E-state index in [1.807, 2.05) is 0 Å². The standard InChI is InChI=1S/C16H33NO5/c1-2-7-18-8-9-19-10-11-20-12-13-21-14-15-22-16-3-5-17-6-4-16/h16-17H,2-15H2,1H3. The molecule has 132 valence electrons. The van der Waals surface area contributed by atoms with Crippen molar-refractivity contribution in [3.8, 4) is 0 Å². The Morgan fingerprint density at radius 1 is 0.682 bits per heavy atom. The number of rotatable bonds is 15. The normalized spacial score (nSPS) is 16.2. The molecule has 6 nitrogen and oxygen atoms in total. The first kappa shape index (κ1) is 19.8. The topological polar surface area (TPSA) is 58.2 Å². The van der Waals surface area contributed by atoms with Crippen LogP contribution in [0.25, 0.3) is 0 Å². The van der Waals surface area contributed by atoms with E-state index < -0.39 is 0 Å². The average Bonchev–Trinajstić information content (AvgIpc) is 2.56. The van der Waals surface area contributed by atoms with Crippen LogP contribution in [0.2, 0.25) is 0 Å². The van der Waals surface area contributed by atoms with Gasteiger partial charge in [0.05, 0.1) is 59.0 Å². The lowest BCUT2D eigenvalue weighted by atomic mass is 10.1. The molecule has 0 amide bonds. The summed E-state index contributed by atoms with van der Waals surface area (Å²) >= 11 is 0. The summed E-state index contributed by atoms with van der Waals surface area (Å²) < 4.78 is 27.3. The highest BCUT2D eigenvalue weighted by molar-refractivity contribution is 4.67. The maximum atomic E-state index is 5.75. The molecule has 1 fully saturated rings. The van der Waals surface area contributed by atoms with E-state index in [1.54, 1.807) is 0 Å². The van der Waals surface area contributed by atoms with Gasteiger partial charge in [0.15, 0.2) is 0 Å². The van der Waals surface area contributed by atoms with Crippen LogP contribution in [0, 0.1) is 0 Å². The van der Waals surface area contributed by atoms with Crippen LogP contribution in [0.3, 0.4) is 0 Å². The second kappa shape index (κ2) is 15.6. The van der Waals surface area contributed by atoms with Gasteiger partial charge in [-0.2, -0.15) is 0 Å². The van der Waals surface area contributed by atoms with Gasteiger partial charge < -0.3 is 29.0 Å². The van der Waals surface area contributed by atoms with E-state index in [0.29, 0.717) is 59.0 Å². The van der Waals surface area contributed by atoms with Crippen LogP contribution in [0.5, 0.6) is 0 Å². The number of hydrogen-bond acceptors (Lipinski definition) is 6. The van der Waals surface area contributed by atoms with Gasteiger partial charge in [0.2, 0.25) is 0 Å². The van der Waals surface area contributed by atoms with Crippen molar-refractivity contribution >= 4 is 0 Å². The van der Waals surface area contributed by atoms with Crippen molar-refractivity contribution < 1.29 is 23.7 Å². The third kappa shape index (κ3) is 12.3. The monoisotopic (exact) mass is 319 g/mol. The third-order valence-electron chi connectivity index (χ3n) is 3.33. The highest BCUT2D eigenvalue weighted by Crippen LogP contribution is 2.06. The zero-order chi connectivity index (χ0) is 15.7. The Bertz CT molecular complexity index is 225. The molecule has 1 aliphatic rings. The molecule has 1 heterocycles. The van der Waals surface area contributed by atoms with Gasteiger partial charge in [-0.1, -0.05) is 6.92 Å². The fourth-order valence-electron chi connectivity index (χ4n) is 2.14. The quantitative estimate of drug-likeness (QED) is 0.458. The molecule has 0 unspecified atom stereocenters. The molecule has 0 aromatic heterocycles. The Kier molecular flexibility index (Phi) is 14.1. The third-order valence-corrected chi connectivity index (χ3v) is 3.33. The van der Waals surface area contributed by atoms with Crippen LogP contribution in [0.4, 0.5) is 0 Å². The number of ether oxygens (including phenoxy) is 5. The van der Waals surface area contributed by atoms with Crippen molar-refractivity contribution in [1.29, 1.82) is 0 Å². The van der Waals surface area contributed by atoms with Crippen LogP contribution in [-0.4, -0.2) is 78.7 Å². The van der Waals surface area contributed by atoms with Crippen LogP contribution in [0.15, 0.2) is 0 Å². The lowest BCUT2D eigenvalue weighted by Crippen LogP contribution is -2.33. The Morgan fingerprint density at radius 2 is 1.14 bits per heavy atom. The first-order valence-electron chi connectivity index (χ1n) is 8.56. The molecule has 0 aliphatic carbocycles. The number of nitrogens with one attached hydrogen (secondary N) is 1. The summed E-state index contributed by atoms with van der Waals surface area (Å²) in [4.78, 5) is 0. The van der Waals surface area contributed by atoms with Crippen molar-refractivity contribution in [2.24, 2.45) is 0 Å². The van der Waals surface area contributed by atoms with E-state index in [4.69, 9.17) is 23.7 Å². The molecule has 1 rings (SSSR count). The summed E-state index contributed by atoms with van der Waals surface area (Å²) in [7, 11) is 0. The average molecular weight is 319 g/mol. The molecular weight excluding hydrogens is 286 g/mol. The zero-order valence-corrected chi connectivity index (χ0v) is 14.0.